The molecule has 5 rings (SSSR count). The minimum Gasteiger partial charge on any atom is -0.506 e. The summed E-state index contributed by atoms with van der Waals surface area (Å²) < 4.78 is 11.3. The summed E-state index contributed by atoms with van der Waals surface area (Å²) in [6.07, 6.45) is 2.72. The Hall–Kier alpha value is -4.12. The molecule has 0 aliphatic carbocycles. The van der Waals surface area contributed by atoms with Crippen molar-refractivity contribution in [2.75, 3.05) is 0 Å². The third-order valence-electron chi connectivity index (χ3n) is 5.50. The van der Waals surface area contributed by atoms with Crippen LogP contribution in [0.2, 0.25) is 0 Å². The average molecular weight is 410 g/mol. The van der Waals surface area contributed by atoms with Crippen LogP contribution in [0.5, 0.6) is 5.75 Å². The molecule has 0 bridgehead atoms. The molecule has 0 radical (unpaired) electrons. The first-order valence-corrected chi connectivity index (χ1v) is 9.81. The fourth-order valence-corrected chi connectivity index (χ4v) is 3.73. The van der Waals surface area contributed by atoms with Gasteiger partial charge in [-0.15, -0.1) is 0 Å². The van der Waals surface area contributed by atoms with Crippen molar-refractivity contribution < 1.29 is 13.9 Å². The second-order valence-corrected chi connectivity index (χ2v) is 7.66. The van der Waals surface area contributed by atoms with Gasteiger partial charge < -0.3 is 13.9 Å². The van der Waals surface area contributed by atoms with Gasteiger partial charge in [0.15, 0.2) is 0 Å². The first-order chi connectivity index (χ1) is 14.9. The number of rotatable bonds is 2. The van der Waals surface area contributed by atoms with Gasteiger partial charge in [-0.3, -0.25) is 9.59 Å². The van der Waals surface area contributed by atoms with Gasteiger partial charge in [0.05, 0.1) is 11.1 Å². The molecule has 5 heteroatoms. The highest BCUT2D eigenvalue weighted by molar-refractivity contribution is 6.02. The van der Waals surface area contributed by atoms with Gasteiger partial charge in [0.25, 0.3) is 0 Å². The van der Waals surface area contributed by atoms with E-state index in [1.165, 1.54) is 18.6 Å². The number of fused-ring (bicyclic) bond motifs is 2. The van der Waals surface area contributed by atoms with Gasteiger partial charge in [0, 0.05) is 6.07 Å². The summed E-state index contributed by atoms with van der Waals surface area (Å²) in [7, 11) is 0. The van der Waals surface area contributed by atoms with Crippen molar-refractivity contribution in [1.82, 2.24) is 0 Å². The van der Waals surface area contributed by atoms with Gasteiger partial charge in [0.2, 0.25) is 10.9 Å². The van der Waals surface area contributed by atoms with Crippen LogP contribution in [0, 0.1) is 13.8 Å². The Morgan fingerprint density at radius 3 is 1.42 bits per heavy atom. The molecular weight excluding hydrogens is 392 g/mol. The molecule has 0 saturated heterocycles. The molecule has 0 saturated carbocycles. The predicted octanol–water partition coefficient (Wildman–Crippen LogP) is 5.56. The second-order valence-electron chi connectivity index (χ2n) is 7.66. The SMILES string of the molecule is Cc1ccc(-c2coc3cc4occ(-c5ccc(C)cc5)c(=O)c4c(O)c3c2=O)cc1. The molecule has 1 N–H and O–H groups in total. The lowest BCUT2D eigenvalue weighted by atomic mass is 10.0. The van der Waals surface area contributed by atoms with E-state index < -0.39 is 16.6 Å². The number of hydrogen-bond donors (Lipinski definition) is 1. The summed E-state index contributed by atoms with van der Waals surface area (Å²) >= 11 is 0. The molecule has 0 atom stereocenters. The van der Waals surface area contributed by atoms with E-state index in [9.17, 15) is 14.7 Å². The normalized spacial score (nSPS) is 11.3. The maximum atomic E-state index is 13.2. The third kappa shape index (κ3) is 3.02. The van der Waals surface area contributed by atoms with Crippen LogP contribution < -0.4 is 10.9 Å². The molecular formula is C26H18O5. The number of hydrogen-bond acceptors (Lipinski definition) is 5. The lowest BCUT2D eigenvalue weighted by Crippen LogP contribution is -2.09. The molecule has 2 aromatic heterocycles. The van der Waals surface area contributed by atoms with Crippen molar-refractivity contribution >= 4 is 21.9 Å². The molecule has 0 aliphatic heterocycles. The summed E-state index contributed by atoms with van der Waals surface area (Å²) in [4.78, 5) is 26.5. The summed E-state index contributed by atoms with van der Waals surface area (Å²) in [6, 6.07) is 16.3. The van der Waals surface area contributed by atoms with Crippen LogP contribution in [0.4, 0.5) is 0 Å². The fourth-order valence-electron chi connectivity index (χ4n) is 3.73. The van der Waals surface area contributed by atoms with Crippen LogP contribution in [-0.2, 0) is 0 Å². The van der Waals surface area contributed by atoms with Crippen molar-refractivity contribution in [3.8, 4) is 28.0 Å². The summed E-state index contributed by atoms with van der Waals surface area (Å²) in [5.41, 5.74) is 3.54. The highest BCUT2D eigenvalue weighted by Gasteiger charge is 2.20. The van der Waals surface area contributed by atoms with E-state index >= 15 is 0 Å². The van der Waals surface area contributed by atoms with E-state index in [0.717, 1.165) is 11.1 Å². The molecule has 3 aromatic carbocycles. The Bertz CT molecular complexity index is 1450. The Morgan fingerprint density at radius 2 is 1.03 bits per heavy atom. The molecule has 0 spiro atoms. The molecule has 0 fully saturated rings. The van der Waals surface area contributed by atoms with E-state index in [2.05, 4.69) is 0 Å². The van der Waals surface area contributed by atoms with Crippen molar-refractivity contribution in [3.05, 3.63) is 98.7 Å². The van der Waals surface area contributed by atoms with E-state index in [1.54, 1.807) is 0 Å². The highest BCUT2D eigenvalue weighted by atomic mass is 16.3. The van der Waals surface area contributed by atoms with Crippen LogP contribution in [0.1, 0.15) is 11.1 Å². The zero-order valence-electron chi connectivity index (χ0n) is 16.9. The molecule has 31 heavy (non-hydrogen) atoms. The largest absolute Gasteiger partial charge is 0.506 e. The van der Waals surface area contributed by atoms with Gasteiger partial charge in [0.1, 0.15) is 40.2 Å². The molecule has 0 aliphatic rings. The lowest BCUT2D eigenvalue weighted by molar-refractivity contribution is 0.483. The molecule has 152 valence electrons. The third-order valence-corrected chi connectivity index (χ3v) is 5.50. The number of phenols is 1. The first-order valence-electron chi connectivity index (χ1n) is 9.81. The van der Waals surface area contributed by atoms with Crippen molar-refractivity contribution in [1.29, 1.82) is 0 Å². The minimum atomic E-state index is -0.432. The zero-order chi connectivity index (χ0) is 21.7. The summed E-state index contributed by atoms with van der Waals surface area (Å²) in [6.45, 7) is 3.91. The Labute approximate surface area is 176 Å². The predicted molar refractivity (Wildman–Crippen MR) is 121 cm³/mol. The molecule has 5 aromatic rings. The van der Waals surface area contributed by atoms with E-state index in [-0.39, 0.29) is 21.9 Å². The molecule has 0 amide bonds. The number of aromatic hydroxyl groups is 1. The van der Waals surface area contributed by atoms with Crippen molar-refractivity contribution in [2.45, 2.75) is 13.8 Å². The van der Waals surface area contributed by atoms with Crippen LogP contribution in [0.3, 0.4) is 0 Å². The molecule has 0 unspecified atom stereocenters. The van der Waals surface area contributed by atoms with E-state index in [0.29, 0.717) is 22.3 Å². The molecule has 5 nitrogen and oxygen atoms in total. The number of aryl methyl sites for hydroxylation is 2. The lowest BCUT2D eigenvalue weighted by Gasteiger charge is -2.08. The summed E-state index contributed by atoms with van der Waals surface area (Å²) in [5, 5.41) is 10.9. The van der Waals surface area contributed by atoms with Gasteiger partial charge in [-0.1, -0.05) is 59.7 Å². The smallest absolute Gasteiger partial charge is 0.204 e. The van der Waals surface area contributed by atoms with Gasteiger partial charge in [-0.2, -0.15) is 0 Å². The van der Waals surface area contributed by atoms with Crippen LogP contribution in [0.15, 0.2) is 85.5 Å². The Balaban J connectivity index is 1.81. The van der Waals surface area contributed by atoms with Gasteiger partial charge >= 0.3 is 0 Å². The minimum absolute atomic E-state index is 0.0427. The zero-order valence-corrected chi connectivity index (χ0v) is 16.9. The van der Waals surface area contributed by atoms with Gasteiger partial charge in [-0.05, 0) is 25.0 Å². The number of phenolic OH excluding ortho intramolecular Hbond substituents is 1. The Morgan fingerprint density at radius 1 is 0.645 bits per heavy atom. The first kappa shape index (κ1) is 18.9. The Kier molecular flexibility index (Phi) is 4.26. The van der Waals surface area contributed by atoms with Crippen LogP contribution in [0.25, 0.3) is 44.2 Å². The van der Waals surface area contributed by atoms with Crippen molar-refractivity contribution in [3.63, 3.8) is 0 Å². The average Bonchev–Trinajstić information content (AvgIpc) is 2.76. The standard InChI is InChI=1S/C26H18O5/c1-14-3-7-16(8-4-14)18-12-30-20-11-21-23(26(29)22(20)24(18)27)25(28)19(13-31-21)17-9-5-15(2)6-10-17/h3-13,29H,1-2H3. The van der Waals surface area contributed by atoms with Crippen molar-refractivity contribution in [2.24, 2.45) is 0 Å². The van der Waals surface area contributed by atoms with E-state index in [1.807, 2.05) is 62.4 Å². The number of benzene rings is 3. The maximum absolute atomic E-state index is 13.2. The van der Waals surface area contributed by atoms with Gasteiger partial charge in [-0.25, -0.2) is 0 Å². The topological polar surface area (TPSA) is 80.7 Å². The molecule has 2 heterocycles. The fraction of sp³-hybridized carbons (Fsp3) is 0.0769. The summed E-state index contributed by atoms with van der Waals surface area (Å²) in [5.74, 6) is -0.432. The maximum Gasteiger partial charge on any atom is 0.204 e. The van der Waals surface area contributed by atoms with Crippen LogP contribution in [-0.4, -0.2) is 5.11 Å². The quantitative estimate of drug-likeness (QED) is 0.386. The monoisotopic (exact) mass is 410 g/mol. The van der Waals surface area contributed by atoms with E-state index in [4.69, 9.17) is 8.83 Å². The van der Waals surface area contributed by atoms with Crippen LogP contribution >= 0.6 is 0 Å². The second kappa shape index (κ2) is 6.99. The highest BCUT2D eigenvalue weighted by Crippen LogP contribution is 2.33.